The predicted molar refractivity (Wildman–Crippen MR) is 106 cm³/mol. The number of carboxylic acids is 1. The fourth-order valence-electron chi connectivity index (χ4n) is 3.77. The molecule has 0 bridgehead atoms. The van der Waals surface area contributed by atoms with Gasteiger partial charge in [-0.05, 0) is 50.6 Å². The third-order valence-electron chi connectivity index (χ3n) is 5.23. The van der Waals surface area contributed by atoms with E-state index in [0.29, 0.717) is 24.3 Å². The SMILES string of the molecule is Cc1oc2c(CN3CCCC3C(=O)O)c(O)ccc2c(=O)c1Oc1ccccc1. The summed E-state index contributed by atoms with van der Waals surface area (Å²) in [7, 11) is 0. The zero-order valence-electron chi connectivity index (χ0n) is 15.9. The molecule has 150 valence electrons. The van der Waals surface area contributed by atoms with Gasteiger partial charge in [-0.1, -0.05) is 18.2 Å². The van der Waals surface area contributed by atoms with Crippen molar-refractivity contribution >= 4 is 16.9 Å². The van der Waals surface area contributed by atoms with E-state index in [1.807, 2.05) is 6.07 Å². The molecule has 7 nitrogen and oxygen atoms in total. The lowest BCUT2D eigenvalue weighted by Gasteiger charge is -2.22. The van der Waals surface area contributed by atoms with Gasteiger partial charge in [-0.25, -0.2) is 0 Å². The van der Waals surface area contributed by atoms with E-state index in [-0.39, 0.29) is 40.2 Å². The molecule has 1 aliphatic heterocycles. The molecule has 2 N–H and O–H groups in total. The number of nitrogens with zero attached hydrogens (tertiary/aromatic N) is 1. The molecule has 29 heavy (non-hydrogen) atoms. The Balaban J connectivity index is 1.78. The van der Waals surface area contributed by atoms with Gasteiger partial charge in [-0.3, -0.25) is 14.5 Å². The van der Waals surface area contributed by atoms with Crippen LogP contribution in [0.5, 0.6) is 17.2 Å². The number of aryl methyl sites for hydroxylation is 1. The summed E-state index contributed by atoms with van der Waals surface area (Å²) in [5.74, 6) is -0.0341. The first-order valence-electron chi connectivity index (χ1n) is 9.43. The highest BCUT2D eigenvalue weighted by Gasteiger charge is 2.32. The molecule has 1 aromatic heterocycles. The number of hydrogen-bond acceptors (Lipinski definition) is 6. The Morgan fingerprint density at radius 1 is 1.24 bits per heavy atom. The van der Waals surface area contributed by atoms with Gasteiger partial charge in [0.1, 0.15) is 28.9 Å². The largest absolute Gasteiger partial charge is 0.507 e. The summed E-state index contributed by atoms with van der Waals surface area (Å²) in [6.07, 6.45) is 1.32. The molecule has 7 heteroatoms. The van der Waals surface area contributed by atoms with Gasteiger partial charge in [0.15, 0.2) is 0 Å². The number of benzene rings is 2. The molecule has 1 fully saturated rings. The van der Waals surface area contributed by atoms with Crippen LogP contribution in [-0.2, 0) is 11.3 Å². The number of hydrogen-bond donors (Lipinski definition) is 2. The van der Waals surface area contributed by atoms with Crippen molar-refractivity contribution in [1.82, 2.24) is 4.90 Å². The summed E-state index contributed by atoms with van der Waals surface area (Å²) >= 11 is 0. The molecule has 0 saturated carbocycles. The average Bonchev–Trinajstić information content (AvgIpc) is 3.17. The topological polar surface area (TPSA) is 100 Å². The van der Waals surface area contributed by atoms with Gasteiger partial charge in [0.05, 0.1) is 10.9 Å². The number of likely N-dealkylation sites (tertiary alicyclic amines) is 1. The van der Waals surface area contributed by atoms with E-state index in [4.69, 9.17) is 9.15 Å². The van der Waals surface area contributed by atoms with Crippen LogP contribution in [0.15, 0.2) is 51.7 Å². The summed E-state index contributed by atoms with van der Waals surface area (Å²) in [6, 6.07) is 11.3. The Kier molecular flexibility index (Phi) is 4.98. The van der Waals surface area contributed by atoms with E-state index in [0.717, 1.165) is 6.42 Å². The molecule has 2 aromatic carbocycles. The fraction of sp³-hybridized carbons (Fsp3) is 0.273. The number of ether oxygens (including phenoxy) is 1. The lowest BCUT2D eigenvalue weighted by Crippen LogP contribution is -2.35. The van der Waals surface area contributed by atoms with E-state index >= 15 is 0 Å². The average molecular weight is 395 g/mol. The minimum Gasteiger partial charge on any atom is -0.507 e. The van der Waals surface area contributed by atoms with Crippen molar-refractivity contribution in [3.63, 3.8) is 0 Å². The summed E-state index contributed by atoms with van der Waals surface area (Å²) in [5.41, 5.74) is 0.316. The van der Waals surface area contributed by atoms with Crippen LogP contribution >= 0.6 is 0 Å². The molecule has 0 radical (unpaired) electrons. The molecule has 1 saturated heterocycles. The summed E-state index contributed by atoms with van der Waals surface area (Å²) in [4.78, 5) is 26.3. The highest BCUT2D eigenvalue weighted by atomic mass is 16.5. The molecule has 3 aromatic rings. The van der Waals surface area contributed by atoms with Crippen molar-refractivity contribution in [2.75, 3.05) is 6.54 Å². The van der Waals surface area contributed by atoms with Crippen LogP contribution in [0.25, 0.3) is 11.0 Å². The third kappa shape index (κ3) is 3.56. The second-order valence-corrected chi connectivity index (χ2v) is 7.14. The molecule has 1 unspecified atom stereocenters. The van der Waals surface area contributed by atoms with E-state index in [1.54, 1.807) is 36.1 Å². The van der Waals surface area contributed by atoms with Crippen LogP contribution in [-0.4, -0.2) is 33.7 Å². The number of carboxylic acid groups (broad SMARTS) is 1. The zero-order valence-corrected chi connectivity index (χ0v) is 15.9. The van der Waals surface area contributed by atoms with E-state index in [9.17, 15) is 19.8 Å². The number of phenols is 1. The Morgan fingerprint density at radius 2 is 2.00 bits per heavy atom. The first-order valence-corrected chi connectivity index (χ1v) is 9.43. The molecule has 1 atom stereocenters. The fourth-order valence-corrected chi connectivity index (χ4v) is 3.77. The predicted octanol–water partition coefficient (Wildman–Crippen LogP) is 3.65. The van der Waals surface area contributed by atoms with Crippen molar-refractivity contribution in [1.29, 1.82) is 0 Å². The Bertz CT molecular complexity index is 1120. The first kappa shape index (κ1) is 19.0. The molecular formula is C22H21NO6. The number of aliphatic carboxylic acids is 1. The molecule has 0 amide bonds. The van der Waals surface area contributed by atoms with Gasteiger partial charge in [0.25, 0.3) is 0 Å². The number of aromatic hydroxyl groups is 1. The van der Waals surface area contributed by atoms with Gasteiger partial charge in [0, 0.05) is 6.54 Å². The van der Waals surface area contributed by atoms with Gasteiger partial charge in [0.2, 0.25) is 11.2 Å². The highest BCUT2D eigenvalue weighted by Crippen LogP contribution is 2.33. The number of para-hydroxylation sites is 1. The normalized spacial score (nSPS) is 16.9. The summed E-state index contributed by atoms with van der Waals surface area (Å²) < 4.78 is 11.6. The molecule has 1 aliphatic rings. The van der Waals surface area contributed by atoms with Crippen LogP contribution in [0.2, 0.25) is 0 Å². The van der Waals surface area contributed by atoms with Crippen LogP contribution in [0.3, 0.4) is 0 Å². The first-order chi connectivity index (χ1) is 14.0. The summed E-state index contributed by atoms with van der Waals surface area (Å²) in [6.45, 7) is 2.41. The second kappa shape index (κ2) is 7.60. The van der Waals surface area contributed by atoms with Crippen molar-refractivity contribution < 1.29 is 24.2 Å². The van der Waals surface area contributed by atoms with Crippen molar-refractivity contribution in [2.45, 2.75) is 32.4 Å². The third-order valence-corrected chi connectivity index (χ3v) is 5.23. The van der Waals surface area contributed by atoms with Crippen molar-refractivity contribution in [3.05, 3.63) is 64.0 Å². The molecule has 4 rings (SSSR count). The Morgan fingerprint density at radius 3 is 2.72 bits per heavy atom. The summed E-state index contributed by atoms with van der Waals surface area (Å²) in [5, 5.41) is 20.1. The number of phenolic OH excluding ortho intramolecular Hbond substituents is 1. The van der Waals surface area contributed by atoms with Crippen molar-refractivity contribution in [3.8, 4) is 17.2 Å². The van der Waals surface area contributed by atoms with Crippen LogP contribution in [0.1, 0.15) is 24.2 Å². The molecule has 0 spiro atoms. The highest BCUT2D eigenvalue weighted by molar-refractivity contribution is 5.83. The maximum absolute atomic E-state index is 13.1. The smallest absolute Gasteiger partial charge is 0.320 e. The van der Waals surface area contributed by atoms with Gasteiger partial charge in [-0.2, -0.15) is 0 Å². The number of fused-ring (bicyclic) bond motifs is 1. The van der Waals surface area contributed by atoms with E-state index in [1.165, 1.54) is 12.1 Å². The molecule has 2 heterocycles. The van der Waals surface area contributed by atoms with Gasteiger partial charge in [-0.15, -0.1) is 0 Å². The maximum atomic E-state index is 13.1. The standard InChI is InChI=1S/C22H21NO6/c1-13-20(29-14-6-3-2-4-7-14)19(25)15-9-10-18(24)16(21(15)28-13)12-23-11-5-8-17(23)22(26)27/h2-4,6-7,9-10,17,24H,5,8,11-12H2,1H3,(H,26,27). The van der Waals surface area contributed by atoms with Gasteiger partial charge < -0.3 is 19.4 Å². The second-order valence-electron chi connectivity index (χ2n) is 7.14. The van der Waals surface area contributed by atoms with E-state index in [2.05, 4.69) is 0 Å². The number of carbonyl (C=O) groups is 1. The lowest BCUT2D eigenvalue weighted by molar-refractivity contribution is -0.142. The Labute approximate surface area is 166 Å². The monoisotopic (exact) mass is 395 g/mol. The van der Waals surface area contributed by atoms with Crippen molar-refractivity contribution in [2.24, 2.45) is 0 Å². The van der Waals surface area contributed by atoms with Crippen LogP contribution < -0.4 is 10.2 Å². The van der Waals surface area contributed by atoms with Crippen LogP contribution in [0, 0.1) is 6.92 Å². The lowest BCUT2D eigenvalue weighted by atomic mass is 10.1. The number of rotatable bonds is 5. The van der Waals surface area contributed by atoms with Crippen LogP contribution in [0.4, 0.5) is 0 Å². The minimum atomic E-state index is -0.890. The molecular weight excluding hydrogens is 374 g/mol. The molecule has 0 aliphatic carbocycles. The Hall–Kier alpha value is -3.32. The van der Waals surface area contributed by atoms with E-state index < -0.39 is 12.0 Å². The zero-order chi connectivity index (χ0) is 20.5. The van der Waals surface area contributed by atoms with Gasteiger partial charge >= 0.3 is 5.97 Å². The quantitative estimate of drug-likeness (QED) is 0.680. The maximum Gasteiger partial charge on any atom is 0.320 e. The minimum absolute atomic E-state index is 0.0344.